The van der Waals surface area contributed by atoms with Gasteiger partial charge in [0.2, 0.25) is 0 Å². The standard InChI is InChI=1S/C27H33N3S/c1-27(2)25-15-5-6-16-26(25)31-30(27)19-9-18-29-17-8-12-22(20-28-29)24-14-7-11-21-10-3-4-13-23(21)24/h3-7,10-11,13-16,22,28H,8-9,12,17-20H2,1-2H3. The molecule has 0 saturated carbocycles. The van der Waals surface area contributed by atoms with Gasteiger partial charge in [-0.2, -0.15) is 0 Å². The number of nitrogens with zero attached hydrogens (tertiary/aromatic N) is 2. The number of nitrogens with one attached hydrogen (secondary N) is 1. The van der Waals surface area contributed by atoms with Gasteiger partial charge in [0.25, 0.3) is 0 Å². The van der Waals surface area contributed by atoms with Crippen LogP contribution in [-0.4, -0.2) is 35.5 Å². The second kappa shape index (κ2) is 8.95. The molecular formula is C27H33N3S. The third kappa shape index (κ3) is 4.27. The molecule has 2 heterocycles. The van der Waals surface area contributed by atoms with Gasteiger partial charge in [-0.15, -0.1) is 0 Å². The van der Waals surface area contributed by atoms with Crippen molar-refractivity contribution in [1.82, 2.24) is 14.7 Å². The van der Waals surface area contributed by atoms with Crippen molar-refractivity contribution in [2.75, 3.05) is 26.2 Å². The van der Waals surface area contributed by atoms with E-state index in [0.29, 0.717) is 5.92 Å². The van der Waals surface area contributed by atoms with Gasteiger partial charge in [0.15, 0.2) is 0 Å². The molecule has 1 fully saturated rings. The highest BCUT2D eigenvalue weighted by molar-refractivity contribution is 7.97. The molecule has 2 aliphatic rings. The zero-order valence-corrected chi connectivity index (χ0v) is 19.5. The Morgan fingerprint density at radius 3 is 2.68 bits per heavy atom. The average molecular weight is 432 g/mol. The second-order valence-corrected chi connectivity index (χ2v) is 10.4. The number of fused-ring (bicyclic) bond motifs is 2. The fraction of sp³-hybridized carbons (Fsp3) is 0.407. The fourth-order valence-electron chi connectivity index (χ4n) is 5.16. The van der Waals surface area contributed by atoms with Crippen LogP contribution < -0.4 is 5.43 Å². The molecule has 0 amide bonds. The Hall–Kier alpha value is -1.85. The van der Waals surface area contributed by atoms with Crippen molar-refractivity contribution in [3.8, 4) is 0 Å². The lowest BCUT2D eigenvalue weighted by Crippen LogP contribution is -2.41. The minimum atomic E-state index is 0.104. The SMILES string of the molecule is CC1(C)c2ccccc2SN1CCCN1CCCC(c2cccc3ccccc23)CN1. The fourth-order valence-corrected chi connectivity index (χ4v) is 6.50. The maximum absolute atomic E-state index is 3.77. The van der Waals surface area contributed by atoms with Crippen LogP contribution in [0, 0.1) is 0 Å². The smallest absolute Gasteiger partial charge is 0.0520 e. The van der Waals surface area contributed by atoms with Crippen LogP contribution >= 0.6 is 11.9 Å². The summed E-state index contributed by atoms with van der Waals surface area (Å²) in [5, 5.41) is 5.23. The van der Waals surface area contributed by atoms with E-state index in [4.69, 9.17) is 0 Å². The normalized spacial score (nSPS) is 21.8. The van der Waals surface area contributed by atoms with Crippen LogP contribution in [0.5, 0.6) is 0 Å². The number of benzene rings is 3. The monoisotopic (exact) mass is 431 g/mol. The summed E-state index contributed by atoms with van der Waals surface area (Å²) >= 11 is 1.93. The summed E-state index contributed by atoms with van der Waals surface area (Å²) in [6, 6.07) is 24.4. The molecule has 1 atom stereocenters. The van der Waals surface area contributed by atoms with Crippen molar-refractivity contribution in [3.63, 3.8) is 0 Å². The molecule has 3 aromatic rings. The molecule has 0 aliphatic carbocycles. The number of hydrogen-bond donors (Lipinski definition) is 1. The number of hydrazine groups is 1. The molecule has 2 aliphatic heterocycles. The van der Waals surface area contributed by atoms with Gasteiger partial charge < -0.3 is 0 Å². The highest BCUT2D eigenvalue weighted by Gasteiger charge is 2.37. The van der Waals surface area contributed by atoms with E-state index in [0.717, 1.165) is 26.2 Å². The summed E-state index contributed by atoms with van der Waals surface area (Å²) in [7, 11) is 0. The summed E-state index contributed by atoms with van der Waals surface area (Å²) < 4.78 is 2.56. The zero-order chi connectivity index (χ0) is 21.3. The van der Waals surface area contributed by atoms with Gasteiger partial charge in [-0.1, -0.05) is 60.7 Å². The molecule has 162 valence electrons. The van der Waals surface area contributed by atoms with E-state index >= 15 is 0 Å². The van der Waals surface area contributed by atoms with Crippen molar-refractivity contribution in [3.05, 3.63) is 77.9 Å². The lowest BCUT2D eigenvalue weighted by molar-refractivity contribution is 0.180. The Labute approximate surface area is 190 Å². The molecule has 1 N–H and O–H groups in total. The van der Waals surface area contributed by atoms with E-state index in [1.165, 1.54) is 46.1 Å². The highest BCUT2D eigenvalue weighted by atomic mass is 32.2. The highest BCUT2D eigenvalue weighted by Crippen LogP contribution is 2.47. The largest absolute Gasteiger partial charge is 0.255 e. The maximum atomic E-state index is 3.77. The van der Waals surface area contributed by atoms with Crippen molar-refractivity contribution >= 4 is 22.7 Å². The van der Waals surface area contributed by atoms with E-state index < -0.39 is 0 Å². The van der Waals surface area contributed by atoms with Crippen molar-refractivity contribution < 1.29 is 0 Å². The first-order valence-corrected chi connectivity index (χ1v) is 12.4. The summed E-state index contributed by atoms with van der Waals surface area (Å²) in [6.45, 7) is 9.08. The molecule has 0 bridgehead atoms. The van der Waals surface area contributed by atoms with Gasteiger partial charge in [-0.05, 0) is 78.9 Å². The predicted octanol–water partition coefficient (Wildman–Crippen LogP) is 6.17. The summed E-state index contributed by atoms with van der Waals surface area (Å²) in [6.07, 6.45) is 3.68. The molecule has 0 radical (unpaired) electrons. The van der Waals surface area contributed by atoms with Crippen LogP contribution in [0.4, 0.5) is 0 Å². The Kier molecular flexibility index (Phi) is 6.07. The van der Waals surface area contributed by atoms with E-state index in [2.05, 4.69) is 95.3 Å². The third-order valence-electron chi connectivity index (χ3n) is 6.97. The molecule has 4 heteroatoms. The van der Waals surface area contributed by atoms with Crippen molar-refractivity contribution in [1.29, 1.82) is 0 Å². The third-order valence-corrected chi connectivity index (χ3v) is 8.38. The van der Waals surface area contributed by atoms with E-state index in [1.54, 1.807) is 0 Å². The van der Waals surface area contributed by atoms with Gasteiger partial charge in [-0.3, -0.25) is 5.43 Å². The van der Waals surface area contributed by atoms with Gasteiger partial charge in [-0.25, -0.2) is 9.31 Å². The summed E-state index contributed by atoms with van der Waals surface area (Å²) in [5.74, 6) is 0.582. The average Bonchev–Trinajstić information content (AvgIpc) is 2.93. The Balaban J connectivity index is 1.17. The Morgan fingerprint density at radius 2 is 1.77 bits per heavy atom. The maximum Gasteiger partial charge on any atom is 0.0520 e. The van der Waals surface area contributed by atoms with E-state index in [9.17, 15) is 0 Å². The van der Waals surface area contributed by atoms with E-state index in [-0.39, 0.29) is 5.54 Å². The minimum absolute atomic E-state index is 0.104. The van der Waals surface area contributed by atoms with Gasteiger partial charge >= 0.3 is 0 Å². The molecule has 31 heavy (non-hydrogen) atoms. The quantitative estimate of drug-likeness (QED) is 0.487. The van der Waals surface area contributed by atoms with E-state index in [1.807, 2.05) is 11.9 Å². The number of hydrogen-bond acceptors (Lipinski definition) is 4. The first-order valence-electron chi connectivity index (χ1n) is 11.6. The molecule has 1 saturated heterocycles. The number of rotatable bonds is 5. The first-order chi connectivity index (χ1) is 15.1. The molecule has 3 nitrogen and oxygen atoms in total. The van der Waals surface area contributed by atoms with Crippen LogP contribution in [-0.2, 0) is 5.54 Å². The van der Waals surface area contributed by atoms with Gasteiger partial charge in [0.1, 0.15) is 0 Å². The van der Waals surface area contributed by atoms with Gasteiger partial charge in [0.05, 0.1) is 5.54 Å². The lowest BCUT2D eigenvalue weighted by Gasteiger charge is -2.31. The Morgan fingerprint density at radius 1 is 0.968 bits per heavy atom. The predicted molar refractivity (Wildman–Crippen MR) is 132 cm³/mol. The summed E-state index contributed by atoms with van der Waals surface area (Å²) in [5.41, 5.74) is 6.83. The topological polar surface area (TPSA) is 18.5 Å². The molecular weight excluding hydrogens is 398 g/mol. The Bertz CT molecular complexity index is 1040. The van der Waals surface area contributed by atoms with Crippen molar-refractivity contribution in [2.45, 2.75) is 49.5 Å². The van der Waals surface area contributed by atoms with Crippen LogP contribution in [0.15, 0.2) is 71.6 Å². The minimum Gasteiger partial charge on any atom is -0.255 e. The van der Waals surface area contributed by atoms with Crippen LogP contribution in [0.2, 0.25) is 0 Å². The zero-order valence-electron chi connectivity index (χ0n) is 18.7. The van der Waals surface area contributed by atoms with Crippen LogP contribution in [0.25, 0.3) is 10.8 Å². The molecule has 0 aromatic heterocycles. The summed E-state index contributed by atoms with van der Waals surface area (Å²) in [4.78, 5) is 1.42. The van der Waals surface area contributed by atoms with Crippen LogP contribution in [0.3, 0.4) is 0 Å². The molecule has 3 aromatic carbocycles. The first kappa shape index (κ1) is 21.0. The molecule has 1 unspecified atom stereocenters. The lowest BCUT2D eigenvalue weighted by atomic mass is 9.90. The molecule has 0 spiro atoms. The second-order valence-electron chi connectivity index (χ2n) is 9.36. The van der Waals surface area contributed by atoms with Crippen molar-refractivity contribution in [2.24, 2.45) is 0 Å². The van der Waals surface area contributed by atoms with Crippen LogP contribution in [0.1, 0.15) is 50.2 Å². The molecule has 5 rings (SSSR count). The van der Waals surface area contributed by atoms with Gasteiger partial charge in [0, 0.05) is 31.1 Å².